The molecule has 1 unspecified atom stereocenters. The molecule has 6 nitrogen and oxygen atoms in total. The van der Waals surface area contributed by atoms with Crippen molar-refractivity contribution in [2.45, 2.75) is 44.6 Å². The summed E-state index contributed by atoms with van der Waals surface area (Å²) >= 11 is 6.17. The Morgan fingerprint density at radius 3 is 2.47 bits per heavy atom. The Morgan fingerprint density at radius 2 is 1.74 bits per heavy atom. The van der Waals surface area contributed by atoms with Crippen molar-refractivity contribution in [1.82, 2.24) is 5.32 Å². The maximum absolute atomic E-state index is 13.0. The molecule has 2 heterocycles. The molecule has 198 valence electrons. The summed E-state index contributed by atoms with van der Waals surface area (Å²) in [5, 5.41) is 13.2. The summed E-state index contributed by atoms with van der Waals surface area (Å²) in [6.07, 6.45) is 5.58. The van der Waals surface area contributed by atoms with Gasteiger partial charge in [0.15, 0.2) is 0 Å². The molecule has 0 spiro atoms. The number of fused-ring (bicyclic) bond motifs is 1. The lowest BCUT2D eigenvalue weighted by molar-refractivity contribution is -0.139. The normalized spacial score (nSPS) is 16.2. The second-order valence-electron chi connectivity index (χ2n) is 10.3. The van der Waals surface area contributed by atoms with Crippen molar-refractivity contribution in [3.05, 3.63) is 94.5 Å². The molecule has 0 radical (unpaired) electrons. The number of halogens is 1. The predicted octanol–water partition coefficient (Wildman–Crippen LogP) is 5.96. The quantitative estimate of drug-likeness (QED) is 0.376. The minimum Gasteiger partial charge on any atom is -0.480 e. The second kappa shape index (κ2) is 11.9. The van der Waals surface area contributed by atoms with Crippen LogP contribution in [0.15, 0.2) is 72.8 Å². The Labute approximate surface area is 229 Å². The highest BCUT2D eigenvalue weighted by atomic mass is 35.5. The molecule has 2 aliphatic heterocycles. The van der Waals surface area contributed by atoms with E-state index in [-0.39, 0.29) is 12.5 Å². The molecule has 3 aromatic rings. The highest BCUT2D eigenvalue weighted by Gasteiger charge is 2.29. The molecule has 7 heteroatoms. The number of hydrogen-bond acceptors (Lipinski definition) is 3. The van der Waals surface area contributed by atoms with Gasteiger partial charge in [0.2, 0.25) is 0 Å². The number of carbonyl (C=O) groups excluding carboxylic acids is 1. The average molecular weight is 532 g/mol. The SMILES string of the molecule is O=C(O)C(Cc1ccccc1)NC(=O)N1CCc2cc(CCC3CCN(c4cccc(Cl)c4)CC3)ccc21. The van der Waals surface area contributed by atoms with Gasteiger partial charge in [-0.2, -0.15) is 0 Å². The van der Waals surface area contributed by atoms with Crippen LogP contribution in [0.3, 0.4) is 0 Å². The highest BCUT2D eigenvalue weighted by Crippen LogP contribution is 2.31. The largest absolute Gasteiger partial charge is 0.480 e. The summed E-state index contributed by atoms with van der Waals surface area (Å²) in [6.45, 7) is 2.67. The molecule has 0 bridgehead atoms. The van der Waals surface area contributed by atoms with Crippen molar-refractivity contribution in [3.63, 3.8) is 0 Å². The number of benzene rings is 3. The summed E-state index contributed by atoms with van der Waals surface area (Å²) in [4.78, 5) is 28.9. The molecule has 0 saturated carbocycles. The van der Waals surface area contributed by atoms with E-state index in [0.29, 0.717) is 12.5 Å². The maximum Gasteiger partial charge on any atom is 0.326 e. The number of anilines is 2. The molecule has 38 heavy (non-hydrogen) atoms. The summed E-state index contributed by atoms with van der Waals surface area (Å²) in [5.41, 5.74) is 5.42. The van der Waals surface area contributed by atoms with Gasteiger partial charge >= 0.3 is 12.0 Å². The van der Waals surface area contributed by atoms with E-state index in [2.05, 4.69) is 28.4 Å². The number of piperidine rings is 1. The molecule has 2 N–H and O–H groups in total. The average Bonchev–Trinajstić information content (AvgIpc) is 3.36. The second-order valence-corrected chi connectivity index (χ2v) is 10.8. The Hall–Kier alpha value is -3.51. The van der Waals surface area contributed by atoms with Crippen molar-refractivity contribution in [1.29, 1.82) is 0 Å². The summed E-state index contributed by atoms with van der Waals surface area (Å²) < 4.78 is 0. The van der Waals surface area contributed by atoms with Crippen LogP contribution >= 0.6 is 11.6 Å². The van der Waals surface area contributed by atoms with Crippen LogP contribution in [0.25, 0.3) is 0 Å². The summed E-state index contributed by atoms with van der Waals surface area (Å²) in [7, 11) is 0. The molecule has 3 aromatic carbocycles. The molecular formula is C31H34ClN3O3. The third kappa shape index (κ3) is 6.30. The Morgan fingerprint density at radius 1 is 0.947 bits per heavy atom. The zero-order valence-corrected chi connectivity index (χ0v) is 22.2. The standard InChI is InChI=1S/C31H34ClN3O3/c32-26-7-4-8-27(21-26)34-16-13-22(14-17-34)9-10-24-11-12-29-25(19-24)15-18-35(29)31(38)33-28(30(36)37)20-23-5-2-1-3-6-23/h1-8,11-12,19,21-22,28H,9-10,13-18,20H2,(H,33,38)(H,36,37). The summed E-state index contributed by atoms with van der Waals surface area (Å²) in [6, 6.07) is 22.5. The van der Waals surface area contributed by atoms with Gasteiger partial charge in [-0.05, 0) is 79.0 Å². The molecule has 1 fully saturated rings. The number of amides is 2. The number of nitrogens with zero attached hydrogens (tertiary/aromatic N) is 2. The van der Waals surface area contributed by atoms with Crippen LogP contribution in [0.5, 0.6) is 0 Å². The third-order valence-corrected chi connectivity index (χ3v) is 8.03. The van der Waals surface area contributed by atoms with Crippen LogP contribution in [-0.4, -0.2) is 42.8 Å². The first-order chi connectivity index (χ1) is 18.5. The predicted molar refractivity (Wildman–Crippen MR) is 152 cm³/mol. The van der Waals surface area contributed by atoms with Crippen molar-refractivity contribution >= 4 is 35.0 Å². The Bertz CT molecular complexity index is 1270. The molecule has 2 aliphatic rings. The minimum atomic E-state index is -1.03. The smallest absolute Gasteiger partial charge is 0.326 e. The molecule has 1 saturated heterocycles. The lowest BCUT2D eigenvalue weighted by Gasteiger charge is -2.33. The minimum absolute atomic E-state index is 0.250. The number of hydrogen-bond donors (Lipinski definition) is 2. The third-order valence-electron chi connectivity index (χ3n) is 7.79. The van der Waals surface area contributed by atoms with Gasteiger partial charge in [0, 0.05) is 42.5 Å². The van der Waals surface area contributed by atoms with Crippen molar-refractivity contribution in [3.8, 4) is 0 Å². The van der Waals surface area contributed by atoms with Crippen LogP contribution in [0.1, 0.15) is 36.0 Å². The van der Waals surface area contributed by atoms with Crippen molar-refractivity contribution in [2.24, 2.45) is 5.92 Å². The molecular weight excluding hydrogens is 498 g/mol. The van der Waals surface area contributed by atoms with E-state index in [4.69, 9.17) is 11.6 Å². The first kappa shape index (κ1) is 26.1. The van der Waals surface area contributed by atoms with Gasteiger partial charge in [-0.15, -0.1) is 0 Å². The number of carbonyl (C=O) groups is 2. The lowest BCUT2D eigenvalue weighted by atomic mass is 9.90. The van der Waals surface area contributed by atoms with Gasteiger partial charge < -0.3 is 15.3 Å². The van der Waals surface area contributed by atoms with E-state index in [9.17, 15) is 14.7 Å². The van der Waals surface area contributed by atoms with Crippen LogP contribution in [0.2, 0.25) is 5.02 Å². The van der Waals surface area contributed by atoms with Gasteiger partial charge in [0.25, 0.3) is 0 Å². The van der Waals surface area contributed by atoms with E-state index >= 15 is 0 Å². The number of carboxylic acid groups (broad SMARTS) is 1. The van der Waals surface area contributed by atoms with E-state index in [1.54, 1.807) is 4.90 Å². The summed E-state index contributed by atoms with van der Waals surface area (Å²) in [5.74, 6) is -0.325. The molecule has 1 atom stereocenters. The van der Waals surface area contributed by atoms with Crippen LogP contribution in [0.4, 0.5) is 16.2 Å². The van der Waals surface area contributed by atoms with E-state index in [0.717, 1.165) is 54.2 Å². The fourth-order valence-corrected chi connectivity index (χ4v) is 5.81. The number of nitrogens with one attached hydrogen (secondary N) is 1. The van der Waals surface area contributed by atoms with Crippen LogP contribution < -0.4 is 15.1 Å². The van der Waals surface area contributed by atoms with E-state index in [1.165, 1.54) is 24.1 Å². The number of urea groups is 1. The first-order valence-electron chi connectivity index (χ1n) is 13.4. The van der Waals surface area contributed by atoms with Crippen LogP contribution in [0, 0.1) is 5.92 Å². The Kier molecular flexibility index (Phi) is 8.18. The number of carboxylic acids is 1. The van der Waals surface area contributed by atoms with Gasteiger partial charge in [-0.3, -0.25) is 4.90 Å². The molecule has 0 aromatic heterocycles. The fraction of sp³-hybridized carbons (Fsp3) is 0.355. The van der Waals surface area contributed by atoms with Gasteiger partial charge in [0.05, 0.1) is 0 Å². The first-order valence-corrected chi connectivity index (χ1v) is 13.8. The maximum atomic E-state index is 13.0. The molecule has 2 amide bonds. The van der Waals surface area contributed by atoms with Crippen LogP contribution in [-0.2, 0) is 24.1 Å². The molecule has 0 aliphatic carbocycles. The van der Waals surface area contributed by atoms with Gasteiger partial charge in [0.1, 0.15) is 6.04 Å². The zero-order valence-electron chi connectivity index (χ0n) is 21.5. The fourth-order valence-electron chi connectivity index (χ4n) is 5.62. The van der Waals surface area contributed by atoms with Crippen molar-refractivity contribution < 1.29 is 14.7 Å². The van der Waals surface area contributed by atoms with E-state index in [1.807, 2.05) is 54.6 Å². The number of rotatable bonds is 8. The van der Waals surface area contributed by atoms with E-state index < -0.39 is 12.0 Å². The number of aryl methyl sites for hydroxylation is 1. The van der Waals surface area contributed by atoms with Gasteiger partial charge in [-0.1, -0.05) is 60.1 Å². The lowest BCUT2D eigenvalue weighted by Crippen LogP contribution is -2.48. The zero-order chi connectivity index (χ0) is 26.5. The monoisotopic (exact) mass is 531 g/mol. The Balaban J connectivity index is 1.13. The topological polar surface area (TPSA) is 72.9 Å². The highest BCUT2D eigenvalue weighted by molar-refractivity contribution is 6.30. The van der Waals surface area contributed by atoms with Gasteiger partial charge in [-0.25, -0.2) is 9.59 Å². The molecule has 5 rings (SSSR count). The number of aliphatic carboxylic acids is 1. The van der Waals surface area contributed by atoms with Crippen molar-refractivity contribution in [2.75, 3.05) is 29.4 Å².